The van der Waals surface area contributed by atoms with Gasteiger partial charge in [-0.2, -0.15) is 0 Å². The van der Waals surface area contributed by atoms with Crippen LogP contribution in [0.1, 0.15) is 13.3 Å². The molecule has 0 unspecified atom stereocenters. The van der Waals surface area contributed by atoms with Crippen LogP contribution in [0.4, 0.5) is 0 Å². The third kappa shape index (κ3) is 5.14. The Bertz CT molecular complexity index is 32.0. The second-order valence-corrected chi connectivity index (χ2v) is 4.34. The molecule has 0 atom stereocenters. The topological polar surface area (TPSA) is 0 Å². The third-order valence-corrected chi connectivity index (χ3v) is 1.41. The Balaban J connectivity index is 2.63. The van der Waals surface area contributed by atoms with E-state index in [4.69, 9.17) is 0 Å². The van der Waals surface area contributed by atoms with Crippen LogP contribution in [0.15, 0.2) is 0 Å². The Kier molecular flexibility index (Phi) is 5.13. The molecule has 0 heterocycles. The van der Waals surface area contributed by atoms with Gasteiger partial charge in [-0.1, -0.05) is 19.7 Å². The molecule has 0 spiro atoms. The molecule has 0 nitrogen and oxygen atoms in total. The summed E-state index contributed by atoms with van der Waals surface area (Å²) in [5.74, 6) is 0. The second kappa shape index (κ2) is 4.31. The Morgan fingerprint density at radius 2 is 2.33 bits per heavy atom. The molecule has 6 heavy (non-hydrogen) atoms. The second-order valence-electron chi connectivity index (χ2n) is 1.22. The average molecular weight is 214 g/mol. The summed E-state index contributed by atoms with van der Waals surface area (Å²) in [6, 6.07) is 0. The van der Waals surface area contributed by atoms with Crippen molar-refractivity contribution in [2.24, 2.45) is 0 Å². The first-order valence-corrected chi connectivity index (χ1v) is 3.85. The lowest BCUT2D eigenvalue weighted by Crippen LogP contribution is -1.86. The molecule has 0 saturated carbocycles. The first kappa shape index (κ1) is 7.14. The van der Waals surface area contributed by atoms with Crippen molar-refractivity contribution in [2.75, 3.05) is 0 Å². The van der Waals surface area contributed by atoms with Gasteiger partial charge in [-0.05, 0) is 0 Å². The standard InChI is InChI=1S/C3H8BIS/c1-2-3-4(5)6/h6H,2-3H2,1H3. The van der Waals surface area contributed by atoms with Crippen molar-refractivity contribution < 1.29 is 0 Å². The van der Waals surface area contributed by atoms with E-state index >= 15 is 0 Å². The Morgan fingerprint density at radius 3 is 2.33 bits per heavy atom. The molecule has 36 valence electrons. The van der Waals surface area contributed by atoms with Gasteiger partial charge in [0, 0.05) is 0 Å². The van der Waals surface area contributed by atoms with Crippen molar-refractivity contribution in [3.63, 3.8) is 0 Å². The van der Waals surface area contributed by atoms with Crippen molar-refractivity contribution in [3.05, 3.63) is 0 Å². The van der Waals surface area contributed by atoms with Crippen molar-refractivity contribution in [2.45, 2.75) is 19.7 Å². The third-order valence-electron chi connectivity index (χ3n) is 0.527. The summed E-state index contributed by atoms with van der Waals surface area (Å²) in [5, 5.41) is 0. The molecule has 0 rings (SSSR count). The lowest BCUT2D eigenvalue weighted by Gasteiger charge is -1.87. The zero-order valence-corrected chi connectivity index (χ0v) is 6.87. The van der Waals surface area contributed by atoms with Gasteiger partial charge in [-0.15, -0.1) is 22.4 Å². The fourth-order valence-electron chi connectivity index (χ4n) is 0.238. The lowest BCUT2D eigenvalue weighted by atomic mass is 10.0. The molecule has 0 aromatic carbocycles. The summed E-state index contributed by atoms with van der Waals surface area (Å²) in [6.45, 7) is 2.17. The van der Waals surface area contributed by atoms with Gasteiger partial charge in [-0.25, -0.2) is 12.5 Å². The minimum Gasteiger partial charge on any atom is -0.213 e. The molecule has 0 fully saturated rings. The zero-order chi connectivity index (χ0) is 4.99. The van der Waals surface area contributed by atoms with Crippen LogP contribution in [0.5, 0.6) is 0 Å². The molecule has 0 radical (unpaired) electrons. The van der Waals surface area contributed by atoms with Crippen LogP contribution in [0, 0.1) is 0 Å². The molecular weight excluding hydrogens is 206 g/mol. The monoisotopic (exact) mass is 214 g/mol. The average Bonchev–Trinajstić information content (AvgIpc) is 1.35. The summed E-state index contributed by atoms with van der Waals surface area (Å²) in [4.78, 5) is 0. The Morgan fingerprint density at radius 1 is 1.83 bits per heavy atom. The van der Waals surface area contributed by atoms with E-state index in [1.165, 1.54) is 12.7 Å². The molecule has 0 aliphatic heterocycles. The smallest absolute Gasteiger partial charge is 0.213 e. The SMILES string of the molecule is CCCB(S)I. The van der Waals surface area contributed by atoms with E-state index in [1.807, 2.05) is 0 Å². The maximum absolute atomic E-state index is 4.16. The summed E-state index contributed by atoms with van der Waals surface area (Å²) < 4.78 is 0.563. The normalized spacial score (nSPS) is 8.50. The molecule has 0 bridgehead atoms. The number of hydrogen-bond donors (Lipinski definition) is 1. The fraction of sp³-hybridized carbons (Fsp3) is 1.00. The van der Waals surface area contributed by atoms with E-state index in [2.05, 4.69) is 41.8 Å². The van der Waals surface area contributed by atoms with Crippen LogP contribution < -0.4 is 0 Å². The maximum Gasteiger partial charge on any atom is 0.278 e. The van der Waals surface area contributed by atoms with Gasteiger partial charge >= 0.3 is 0 Å². The van der Waals surface area contributed by atoms with Gasteiger partial charge in [0.2, 0.25) is 0 Å². The molecule has 0 N–H and O–H groups in total. The molecule has 3 heteroatoms. The number of thiol groups is 1. The minimum absolute atomic E-state index is 0.563. The number of hydrogen-bond acceptors (Lipinski definition) is 1. The van der Waals surface area contributed by atoms with Gasteiger partial charge in [0.15, 0.2) is 0 Å². The highest BCUT2D eigenvalue weighted by atomic mass is 127. The largest absolute Gasteiger partial charge is 0.278 e. The fourth-order valence-corrected chi connectivity index (χ4v) is 1.12. The van der Waals surface area contributed by atoms with Gasteiger partial charge in [0.1, 0.15) is 0 Å². The molecule has 0 aliphatic carbocycles. The molecular formula is C3H8BIS. The minimum atomic E-state index is 0.563. The van der Waals surface area contributed by atoms with Crippen molar-refractivity contribution in [1.29, 1.82) is 0 Å². The summed E-state index contributed by atoms with van der Waals surface area (Å²) >= 11 is 6.47. The molecule has 0 aromatic rings. The quantitative estimate of drug-likeness (QED) is 0.406. The first-order chi connectivity index (χ1) is 2.77. The highest BCUT2D eigenvalue weighted by Gasteiger charge is 1.96. The predicted molar refractivity (Wildman–Crippen MR) is 43.9 cm³/mol. The van der Waals surface area contributed by atoms with Gasteiger partial charge < -0.3 is 0 Å². The van der Waals surface area contributed by atoms with Crippen LogP contribution in [0.3, 0.4) is 0 Å². The molecule has 0 aromatic heterocycles. The molecule has 0 saturated heterocycles. The maximum atomic E-state index is 4.16. The molecule has 0 amide bonds. The van der Waals surface area contributed by atoms with E-state index in [9.17, 15) is 0 Å². The van der Waals surface area contributed by atoms with Crippen molar-refractivity contribution in [1.82, 2.24) is 0 Å². The van der Waals surface area contributed by atoms with Crippen LogP contribution in [-0.2, 0) is 0 Å². The summed E-state index contributed by atoms with van der Waals surface area (Å²) in [7, 11) is 0. The lowest BCUT2D eigenvalue weighted by molar-refractivity contribution is 1.08. The molecule has 0 aliphatic rings. The van der Waals surface area contributed by atoms with Crippen LogP contribution >= 0.6 is 34.9 Å². The summed E-state index contributed by atoms with van der Waals surface area (Å²) in [6.07, 6.45) is 2.47. The highest BCUT2D eigenvalue weighted by Crippen LogP contribution is 2.06. The summed E-state index contributed by atoms with van der Waals surface area (Å²) in [5.41, 5.74) is 0. The van der Waals surface area contributed by atoms with Crippen molar-refractivity contribution >= 4 is 38.7 Å². The van der Waals surface area contributed by atoms with Crippen LogP contribution in [0.25, 0.3) is 0 Å². The Labute approximate surface area is 58.3 Å². The first-order valence-electron chi connectivity index (χ1n) is 2.09. The van der Waals surface area contributed by atoms with E-state index in [0.29, 0.717) is 3.85 Å². The van der Waals surface area contributed by atoms with Crippen molar-refractivity contribution in [3.8, 4) is 0 Å². The van der Waals surface area contributed by atoms with E-state index in [1.54, 1.807) is 0 Å². The van der Waals surface area contributed by atoms with E-state index < -0.39 is 0 Å². The van der Waals surface area contributed by atoms with Gasteiger partial charge in [-0.3, -0.25) is 0 Å². The van der Waals surface area contributed by atoms with E-state index in [-0.39, 0.29) is 0 Å². The van der Waals surface area contributed by atoms with Gasteiger partial charge in [0.05, 0.1) is 0 Å². The highest BCUT2D eigenvalue weighted by molar-refractivity contribution is 14.1. The number of halogens is 1. The predicted octanol–water partition coefficient (Wildman–Crippen LogP) is 2.25. The van der Waals surface area contributed by atoms with Crippen LogP contribution in [0.2, 0.25) is 6.32 Å². The van der Waals surface area contributed by atoms with Gasteiger partial charge in [0.25, 0.3) is 3.85 Å². The Hall–Kier alpha value is 1.14. The van der Waals surface area contributed by atoms with E-state index in [0.717, 1.165) is 0 Å². The zero-order valence-electron chi connectivity index (χ0n) is 3.82. The number of rotatable bonds is 2. The van der Waals surface area contributed by atoms with Crippen LogP contribution in [-0.4, -0.2) is 3.85 Å².